The van der Waals surface area contributed by atoms with Crippen LogP contribution in [0.25, 0.3) is 0 Å². The van der Waals surface area contributed by atoms with Crippen LogP contribution in [-0.4, -0.2) is 45.1 Å². The van der Waals surface area contributed by atoms with Crippen molar-refractivity contribution < 1.29 is 9.53 Å². The van der Waals surface area contributed by atoms with Crippen LogP contribution in [0.2, 0.25) is 0 Å². The fraction of sp³-hybridized carbons (Fsp3) is 0.462. The van der Waals surface area contributed by atoms with E-state index in [9.17, 15) is 4.79 Å². The summed E-state index contributed by atoms with van der Waals surface area (Å²) < 4.78 is 5.19. The van der Waals surface area contributed by atoms with Gasteiger partial charge in [-0.15, -0.1) is 0 Å². The third-order valence-corrected chi connectivity index (χ3v) is 2.93. The Hall–Kier alpha value is -1.55. The van der Waals surface area contributed by atoms with Crippen molar-refractivity contribution >= 4 is 11.6 Å². The summed E-state index contributed by atoms with van der Waals surface area (Å²) in [7, 11) is 5.47. The minimum absolute atomic E-state index is 0.152. The van der Waals surface area contributed by atoms with Gasteiger partial charge in [-0.3, -0.25) is 4.79 Å². The molecule has 0 aliphatic carbocycles. The minimum atomic E-state index is 0.152. The lowest BCUT2D eigenvalue weighted by Crippen LogP contribution is -2.36. The molecule has 4 heteroatoms. The third kappa shape index (κ3) is 2.42. The molecule has 1 heterocycles. The maximum atomic E-state index is 12.0. The van der Waals surface area contributed by atoms with E-state index in [1.165, 1.54) is 5.56 Å². The van der Waals surface area contributed by atoms with Gasteiger partial charge in [0.25, 0.3) is 0 Å². The lowest BCUT2D eigenvalue weighted by Gasteiger charge is -2.19. The Morgan fingerprint density at radius 3 is 2.88 bits per heavy atom. The first-order valence-electron chi connectivity index (χ1n) is 5.74. The largest absolute Gasteiger partial charge is 0.497 e. The van der Waals surface area contributed by atoms with Crippen LogP contribution < -0.4 is 9.64 Å². The van der Waals surface area contributed by atoms with Crippen LogP contribution in [-0.2, 0) is 11.2 Å². The van der Waals surface area contributed by atoms with Gasteiger partial charge in [0.1, 0.15) is 5.75 Å². The number of rotatable bonds is 3. The predicted octanol–water partition coefficient (Wildman–Crippen LogP) is 1.15. The van der Waals surface area contributed by atoms with E-state index in [-0.39, 0.29) is 5.91 Å². The molecule has 0 N–H and O–H groups in total. The zero-order chi connectivity index (χ0) is 12.4. The summed E-state index contributed by atoms with van der Waals surface area (Å²) in [6.07, 6.45) is 0.908. The zero-order valence-corrected chi connectivity index (χ0v) is 10.6. The number of hydrogen-bond acceptors (Lipinski definition) is 3. The Balaban J connectivity index is 2.19. The Morgan fingerprint density at radius 1 is 1.47 bits per heavy atom. The first kappa shape index (κ1) is 11.9. The average molecular weight is 234 g/mol. The second-order valence-corrected chi connectivity index (χ2v) is 4.53. The van der Waals surface area contributed by atoms with Crippen LogP contribution in [0.1, 0.15) is 5.56 Å². The van der Waals surface area contributed by atoms with E-state index in [0.29, 0.717) is 6.54 Å². The molecule has 1 aliphatic rings. The molecule has 1 aliphatic heterocycles. The van der Waals surface area contributed by atoms with Crippen LogP contribution >= 0.6 is 0 Å². The van der Waals surface area contributed by atoms with Crippen molar-refractivity contribution in [2.75, 3.05) is 39.2 Å². The molecule has 1 amide bonds. The number of ether oxygens (including phenoxy) is 1. The molecule has 4 nitrogen and oxygen atoms in total. The van der Waals surface area contributed by atoms with Gasteiger partial charge < -0.3 is 14.5 Å². The normalized spacial score (nSPS) is 14.0. The molecule has 1 aromatic rings. The summed E-state index contributed by atoms with van der Waals surface area (Å²) in [4.78, 5) is 15.8. The Morgan fingerprint density at radius 2 is 2.24 bits per heavy atom. The number of nitrogens with zero attached hydrogens (tertiary/aromatic N) is 2. The summed E-state index contributed by atoms with van der Waals surface area (Å²) in [5, 5.41) is 0. The summed E-state index contributed by atoms with van der Waals surface area (Å²) in [6, 6.07) is 5.88. The van der Waals surface area contributed by atoms with Gasteiger partial charge in [0.15, 0.2) is 0 Å². The topological polar surface area (TPSA) is 32.8 Å². The van der Waals surface area contributed by atoms with E-state index in [1.807, 2.05) is 42.1 Å². The Labute approximate surface area is 102 Å². The van der Waals surface area contributed by atoms with Gasteiger partial charge in [-0.2, -0.15) is 0 Å². The van der Waals surface area contributed by atoms with E-state index >= 15 is 0 Å². The highest BCUT2D eigenvalue weighted by atomic mass is 16.5. The number of hydrogen-bond donors (Lipinski definition) is 0. The number of fused-ring (bicyclic) bond motifs is 1. The second-order valence-electron chi connectivity index (χ2n) is 4.53. The molecule has 0 radical (unpaired) electrons. The number of amides is 1. The van der Waals surface area contributed by atoms with Crippen LogP contribution in [0.3, 0.4) is 0 Å². The lowest BCUT2D eigenvalue weighted by atomic mass is 10.1. The molecule has 0 fully saturated rings. The van der Waals surface area contributed by atoms with Crippen LogP contribution in [0.5, 0.6) is 5.75 Å². The highest BCUT2D eigenvalue weighted by molar-refractivity contribution is 5.96. The van der Waals surface area contributed by atoms with Crippen molar-refractivity contribution in [2.24, 2.45) is 0 Å². The van der Waals surface area contributed by atoms with Crippen LogP contribution in [0, 0.1) is 0 Å². The van der Waals surface area contributed by atoms with E-state index in [1.54, 1.807) is 7.11 Å². The molecule has 0 atom stereocenters. The summed E-state index contributed by atoms with van der Waals surface area (Å²) >= 11 is 0. The Bertz CT molecular complexity index is 429. The van der Waals surface area contributed by atoms with E-state index < -0.39 is 0 Å². The molecule has 0 bridgehead atoms. The van der Waals surface area contributed by atoms with Crippen molar-refractivity contribution in [2.45, 2.75) is 6.42 Å². The highest BCUT2D eigenvalue weighted by Crippen LogP contribution is 2.31. The number of carbonyl (C=O) groups is 1. The molecule has 0 saturated heterocycles. The first-order valence-corrected chi connectivity index (χ1v) is 5.74. The number of benzene rings is 1. The maximum absolute atomic E-state index is 12.0. The van der Waals surface area contributed by atoms with Gasteiger partial charge >= 0.3 is 0 Å². The molecule has 1 aromatic carbocycles. The quantitative estimate of drug-likeness (QED) is 0.786. The highest BCUT2D eigenvalue weighted by Gasteiger charge is 2.24. The monoisotopic (exact) mass is 234 g/mol. The van der Waals surface area contributed by atoms with Gasteiger partial charge in [-0.1, -0.05) is 0 Å². The van der Waals surface area contributed by atoms with Crippen molar-refractivity contribution in [3.63, 3.8) is 0 Å². The molecular formula is C13H18N2O2. The fourth-order valence-electron chi connectivity index (χ4n) is 2.12. The molecule has 0 unspecified atom stereocenters. The summed E-state index contributed by atoms with van der Waals surface area (Å²) in [5.41, 5.74) is 2.22. The number of methoxy groups -OCH3 is 1. The van der Waals surface area contributed by atoms with Crippen molar-refractivity contribution in [3.8, 4) is 5.75 Å². The molecule has 0 spiro atoms. The van der Waals surface area contributed by atoms with E-state index in [2.05, 4.69) is 0 Å². The van der Waals surface area contributed by atoms with Gasteiger partial charge in [-0.25, -0.2) is 0 Å². The first-order chi connectivity index (χ1) is 8.11. The molecular weight excluding hydrogens is 216 g/mol. The Kier molecular flexibility index (Phi) is 3.33. The summed E-state index contributed by atoms with van der Waals surface area (Å²) in [5.74, 6) is 1.00. The SMILES string of the molecule is COc1ccc2c(c1)CCN2C(=O)CN(C)C. The van der Waals surface area contributed by atoms with E-state index in [0.717, 1.165) is 24.4 Å². The number of anilines is 1. The standard InChI is InChI=1S/C13H18N2O2/c1-14(2)9-13(16)15-7-6-10-8-11(17-3)4-5-12(10)15/h4-5,8H,6-7,9H2,1-3H3. The van der Waals surface area contributed by atoms with Crippen LogP contribution in [0.15, 0.2) is 18.2 Å². The predicted molar refractivity (Wildman–Crippen MR) is 67.6 cm³/mol. The average Bonchev–Trinajstić information content (AvgIpc) is 2.70. The number of likely N-dealkylation sites (N-methyl/N-ethyl adjacent to an activating group) is 1. The van der Waals surface area contributed by atoms with Gasteiger partial charge in [0, 0.05) is 12.2 Å². The third-order valence-electron chi connectivity index (χ3n) is 2.93. The van der Waals surface area contributed by atoms with Gasteiger partial charge in [-0.05, 0) is 44.3 Å². The van der Waals surface area contributed by atoms with Crippen LogP contribution in [0.4, 0.5) is 5.69 Å². The maximum Gasteiger partial charge on any atom is 0.241 e. The minimum Gasteiger partial charge on any atom is -0.497 e. The fourth-order valence-corrected chi connectivity index (χ4v) is 2.12. The molecule has 92 valence electrons. The molecule has 17 heavy (non-hydrogen) atoms. The molecule has 0 aromatic heterocycles. The summed E-state index contributed by atoms with van der Waals surface area (Å²) in [6.45, 7) is 1.22. The van der Waals surface area contributed by atoms with Gasteiger partial charge in [0.05, 0.1) is 13.7 Å². The van der Waals surface area contributed by atoms with E-state index in [4.69, 9.17) is 4.74 Å². The van der Waals surface area contributed by atoms with Crippen molar-refractivity contribution in [1.82, 2.24) is 4.90 Å². The van der Waals surface area contributed by atoms with Crippen molar-refractivity contribution in [1.29, 1.82) is 0 Å². The lowest BCUT2D eigenvalue weighted by molar-refractivity contribution is -0.119. The smallest absolute Gasteiger partial charge is 0.241 e. The number of carbonyl (C=O) groups excluding carboxylic acids is 1. The van der Waals surface area contributed by atoms with Crippen molar-refractivity contribution in [3.05, 3.63) is 23.8 Å². The molecule has 2 rings (SSSR count). The molecule has 0 saturated carbocycles. The van der Waals surface area contributed by atoms with Gasteiger partial charge in [0.2, 0.25) is 5.91 Å². The zero-order valence-electron chi connectivity index (χ0n) is 10.6. The second kappa shape index (κ2) is 4.75.